The molecule has 0 bridgehead atoms. The Kier molecular flexibility index (Phi) is 5.10. The van der Waals surface area contributed by atoms with Crippen LogP contribution in [0.3, 0.4) is 0 Å². The number of rotatable bonds is 3. The van der Waals surface area contributed by atoms with Crippen molar-refractivity contribution in [3.63, 3.8) is 0 Å². The molecule has 1 saturated heterocycles. The maximum Gasteiger partial charge on any atom is 0.419 e. The SMILES string of the molecule is FC(F)(F)c1cccnc1N1CCCN(CCCl)CC1. The molecule has 1 aliphatic rings. The fourth-order valence-electron chi connectivity index (χ4n) is 2.40. The number of pyridine rings is 1. The number of anilines is 1. The van der Waals surface area contributed by atoms with Gasteiger partial charge in [-0.25, -0.2) is 4.98 Å². The van der Waals surface area contributed by atoms with Gasteiger partial charge in [-0.15, -0.1) is 11.6 Å². The van der Waals surface area contributed by atoms with Gasteiger partial charge in [0.1, 0.15) is 5.82 Å². The molecule has 0 aliphatic carbocycles. The van der Waals surface area contributed by atoms with E-state index in [2.05, 4.69) is 9.88 Å². The molecule has 0 spiro atoms. The van der Waals surface area contributed by atoms with Gasteiger partial charge in [0.15, 0.2) is 0 Å². The van der Waals surface area contributed by atoms with Crippen LogP contribution >= 0.6 is 11.6 Å². The Morgan fingerprint density at radius 2 is 2.00 bits per heavy atom. The highest BCUT2D eigenvalue weighted by atomic mass is 35.5. The monoisotopic (exact) mass is 307 g/mol. The molecule has 2 heterocycles. The molecule has 7 heteroatoms. The molecule has 2 rings (SSSR count). The van der Waals surface area contributed by atoms with Crippen molar-refractivity contribution in [3.05, 3.63) is 23.9 Å². The number of hydrogen-bond donors (Lipinski definition) is 0. The summed E-state index contributed by atoms with van der Waals surface area (Å²) in [5.74, 6) is 0.574. The van der Waals surface area contributed by atoms with Gasteiger partial charge in [0, 0.05) is 38.3 Å². The molecule has 0 amide bonds. The second kappa shape index (κ2) is 6.63. The molecule has 0 saturated carbocycles. The molecule has 112 valence electrons. The lowest BCUT2D eigenvalue weighted by Crippen LogP contribution is -2.33. The first-order valence-corrected chi connectivity index (χ1v) is 7.11. The van der Waals surface area contributed by atoms with Gasteiger partial charge >= 0.3 is 6.18 Å². The quantitative estimate of drug-likeness (QED) is 0.801. The molecule has 3 nitrogen and oxygen atoms in total. The molecule has 0 N–H and O–H groups in total. The largest absolute Gasteiger partial charge is 0.419 e. The summed E-state index contributed by atoms with van der Waals surface area (Å²) in [6.07, 6.45) is -2.15. The van der Waals surface area contributed by atoms with Crippen LogP contribution in [0.4, 0.5) is 19.0 Å². The number of hydrogen-bond acceptors (Lipinski definition) is 3. The van der Waals surface area contributed by atoms with E-state index in [1.807, 2.05) is 0 Å². The number of alkyl halides is 4. The Labute approximate surface area is 121 Å². The van der Waals surface area contributed by atoms with Crippen LogP contribution in [-0.2, 0) is 6.18 Å². The van der Waals surface area contributed by atoms with E-state index in [1.54, 1.807) is 4.90 Å². The van der Waals surface area contributed by atoms with E-state index in [1.165, 1.54) is 12.3 Å². The zero-order valence-corrected chi connectivity index (χ0v) is 11.8. The van der Waals surface area contributed by atoms with Crippen LogP contribution in [0.25, 0.3) is 0 Å². The average molecular weight is 308 g/mol. The fourth-order valence-corrected chi connectivity index (χ4v) is 2.64. The smallest absolute Gasteiger partial charge is 0.355 e. The van der Waals surface area contributed by atoms with Crippen molar-refractivity contribution in [2.75, 3.05) is 43.5 Å². The Hall–Kier alpha value is -1.01. The lowest BCUT2D eigenvalue weighted by atomic mass is 10.2. The van der Waals surface area contributed by atoms with Crippen molar-refractivity contribution in [3.8, 4) is 0 Å². The third-order valence-electron chi connectivity index (χ3n) is 3.38. The van der Waals surface area contributed by atoms with Crippen LogP contribution in [0.2, 0.25) is 0 Å². The van der Waals surface area contributed by atoms with Crippen LogP contribution in [-0.4, -0.2) is 48.5 Å². The molecule has 0 unspecified atom stereocenters. The Bertz CT molecular complexity index is 439. The number of nitrogens with zero attached hydrogens (tertiary/aromatic N) is 3. The van der Waals surface area contributed by atoms with Gasteiger partial charge in [0.05, 0.1) is 5.56 Å². The van der Waals surface area contributed by atoms with Crippen LogP contribution < -0.4 is 4.90 Å². The molecular weight excluding hydrogens is 291 g/mol. The molecule has 0 atom stereocenters. The fraction of sp³-hybridized carbons (Fsp3) is 0.615. The summed E-state index contributed by atoms with van der Waals surface area (Å²) in [6.45, 7) is 3.46. The van der Waals surface area contributed by atoms with Crippen molar-refractivity contribution in [2.24, 2.45) is 0 Å². The molecule has 1 fully saturated rings. The van der Waals surface area contributed by atoms with Crippen molar-refractivity contribution in [2.45, 2.75) is 12.6 Å². The van der Waals surface area contributed by atoms with Crippen molar-refractivity contribution < 1.29 is 13.2 Å². The summed E-state index contributed by atoms with van der Waals surface area (Å²) >= 11 is 5.71. The van der Waals surface area contributed by atoms with Crippen LogP contribution in [0.1, 0.15) is 12.0 Å². The van der Waals surface area contributed by atoms with Gasteiger partial charge < -0.3 is 9.80 Å². The topological polar surface area (TPSA) is 19.4 Å². The minimum Gasteiger partial charge on any atom is -0.355 e. The van der Waals surface area contributed by atoms with Gasteiger partial charge in [-0.05, 0) is 25.1 Å². The van der Waals surface area contributed by atoms with E-state index in [0.29, 0.717) is 25.5 Å². The second-order valence-corrected chi connectivity index (χ2v) is 5.12. The average Bonchev–Trinajstić information content (AvgIpc) is 2.64. The molecule has 1 aliphatic heterocycles. The highest BCUT2D eigenvalue weighted by molar-refractivity contribution is 6.18. The molecular formula is C13H17ClF3N3. The first kappa shape index (κ1) is 15.4. The predicted octanol–water partition coefficient (Wildman–Crippen LogP) is 2.85. The number of halogens is 4. The second-order valence-electron chi connectivity index (χ2n) is 4.74. The minimum absolute atomic E-state index is 0.0349. The molecule has 0 aromatic carbocycles. The lowest BCUT2D eigenvalue weighted by molar-refractivity contribution is -0.137. The summed E-state index contributed by atoms with van der Waals surface area (Å²) in [7, 11) is 0. The summed E-state index contributed by atoms with van der Waals surface area (Å²) in [6, 6.07) is 2.41. The van der Waals surface area contributed by atoms with Gasteiger partial charge in [0.25, 0.3) is 0 Å². The standard InChI is InChI=1S/C13H17ClF3N3/c14-4-8-19-6-2-7-20(10-9-19)12-11(13(15,16)17)3-1-5-18-12/h1,3,5H,2,4,6-10H2. The van der Waals surface area contributed by atoms with Gasteiger partial charge in [-0.2, -0.15) is 13.2 Å². The number of aromatic nitrogens is 1. The van der Waals surface area contributed by atoms with E-state index in [0.717, 1.165) is 25.6 Å². The highest BCUT2D eigenvalue weighted by Gasteiger charge is 2.35. The maximum atomic E-state index is 13.0. The van der Waals surface area contributed by atoms with E-state index in [-0.39, 0.29) is 5.82 Å². The Balaban J connectivity index is 2.16. The molecule has 1 aromatic rings. The molecule has 0 radical (unpaired) electrons. The van der Waals surface area contributed by atoms with Crippen molar-refractivity contribution in [1.29, 1.82) is 0 Å². The van der Waals surface area contributed by atoms with E-state index >= 15 is 0 Å². The zero-order chi connectivity index (χ0) is 14.6. The summed E-state index contributed by atoms with van der Waals surface area (Å²) in [5, 5.41) is 0. The highest BCUT2D eigenvalue weighted by Crippen LogP contribution is 2.35. The van der Waals surface area contributed by atoms with E-state index < -0.39 is 11.7 Å². The van der Waals surface area contributed by atoms with Crippen LogP contribution in [0, 0.1) is 0 Å². The summed E-state index contributed by atoms with van der Waals surface area (Å²) in [4.78, 5) is 7.83. The minimum atomic E-state index is -4.37. The zero-order valence-electron chi connectivity index (χ0n) is 11.0. The van der Waals surface area contributed by atoms with Crippen molar-refractivity contribution in [1.82, 2.24) is 9.88 Å². The maximum absolute atomic E-state index is 13.0. The Morgan fingerprint density at radius 3 is 2.70 bits per heavy atom. The third-order valence-corrected chi connectivity index (χ3v) is 3.55. The van der Waals surface area contributed by atoms with Crippen LogP contribution in [0.15, 0.2) is 18.3 Å². The first-order chi connectivity index (χ1) is 9.52. The van der Waals surface area contributed by atoms with E-state index in [9.17, 15) is 13.2 Å². The summed E-state index contributed by atoms with van der Waals surface area (Å²) < 4.78 is 39.0. The van der Waals surface area contributed by atoms with Crippen LogP contribution in [0.5, 0.6) is 0 Å². The summed E-state index contributed by atoms with van der Waals surface area (Å²) in [5.41, 5.74) is -0.661. The Morgan fingerprint density at radius 1 is 1.20 bits per heavy atom. The van der Waals surface area contributed by atoms with Gasteiger partial charge in [-0.3, -0.25) is 0 Å². The normalized spacial score (nSPS) is 18.1. The van der Waals surface area contributed by atoms with E-state index in [4.69, 9.17) is 11.6 Å². The first-order valence-electron chi connectivity index (χ1n) is 6.58. The third kappa shape index (κ3) is 3.76. The lowest BCUT2D eigenvalue weighted by Gasteiger charge is -2.25. The molecule has 1 aromatic heterocycles. The van der Waals surface area contributed by atoms with Crippen molar-refractivity contribution >= 4 is 17.4 Å². The predicted molar refractivity (Wildman–Crippen MR) is 73.2 cm³/mol. The van der Waals surface area contributed by atoms with Gasteiger partial charge in [-0.1, -0.05) is 0 Å². The molecule has 20 heavy (non-hydrogen) atoms. The van der Waals surface area contributed by atoms with Gasteiger partial charge in [0.2, 0.25) is 0 Å².